The molecule has 40 heavy (non-hydrogen) atoms. The first-order valence-electron chi connectivity index (χ1n) is 13.0. The highest BCUT2D eigenvalue weighted by atomic mass is 32.2. The number of nitrogens with zero attached hydrogens (tertiary/aromatic N) is 2. The molecule has 0 spiro atoms. The van der Waals surface area contributed by atoms with Gasteiger partial charge in [-0.3, -0.25) is 4.79 Å². The molecule has 1 aliphatic rings. The van der Waals surface area contributed by atoms with Crippen molar-refractivity contribution in [1.82, 2.24) is 9.88 Å². The zero-order valence-electron chi connectivity index (χ0n) is 22.3. The summed E-state index contributed by atoms with van der Waals surface area (Å²) in [5.41, 5.74) is 7.40. The topological polar surface area (TPSA) is 115 Å². The minimum Gasteiger partial charge on any atom is -0.497 e. The predicted molar refractivity (Wildman–Crippen MR) is 153 cm³/mol. The van der Waals surface area contributed by atoms with Gasteiger partial charge in [-0.05, 0) is 65.8 Å². The molecule has 1 fully saturated rings. The number of likely N-dealkylation sites (N-methyl/N-ethyl adjacent to an activating group) is 1. The molecule has 1 heterocycles. The van der Waals surface area contributed by atoms with Crippen LogP contribution in [0.1, 0.15) is 36.4 Å². The summed E-state index contributed by atoms with van der Waals surface area (Å²) in [6, 6.07) is 17.6. The fraction of sp³-hybridized carbons (Fsp3) is 0.267. The van der Waals surface area contributed by atoms with Crippen LogP contribution >= 0.6 is 0 Å². The normalized spacial score (nSPS) is 14.4. The largest absolute Gasteiger partial charge is 0.497 e. The van der Waals surface area contributed by atoms with Gasteiger partial charge in [0.05, 0.1) is 22.6 Å². The molecule has 1 amide bonds. The van der Waals surface area contributed by atoms with Crippen LogP contribution < -0.4 is 15.8 Å². The quantitative estimate of drug-likeness (QED) is 0.292. The molecule has 10 heteroatoms. The van der Waals surface area contributed by atoms with E-state index in [1.165, 1.54) is 24.3 Å². The van der Waals surface area contributed by atoms with Crippen molar-refractivity contribution in [2.75, 3.05) is 25.2 Å². The first-order chi connectivity index (χ1) is 19.2. The minimum atomic E-state index is -3.49. The van der Waals surface area contributed by atoms with Crippen LogP contribution in [0.4, 0.5) is 15.9 Å². The second-order valence-corrected chi connectivity index (χ2v) is 12.2. The zero-order valence-corrected chi connectivity index (χ0v) is 23.1. The van der Waals surface area contributed by atoms with Gasteiger partial charge in [0, 0.05) is 25.5 Å². The number of rotatable bonds is 9. The van der Waals surface area contributed by atoms with Crippen molar-refractivity contribution in [2.45, 2.75) is 42.0 Å². The Morgan fingerprint density at radius 1 is 1.15 bits per heavy atom. The third kappa shape index (κ3) is 5.31. The van der Waals surface area contributed by atoms with E-state index in [9.17, 15) is 13.2 Å². The van der Waals surface area contributed by atoms with E-state index in [4.69, 9.17) is 10.5 Å². The number of amides is 1. The summed E-state index contributed by atoms with van der Waals surface area (Å²) in [6.07, 6.45) is 3.69. The number of benzene rings is 3. The lowest BCUT2D eigenvalue weighted by Gasteiger charge is -2.29. The number of aromatic nitrogens is 1. The number of hydrogen-bond donors (Lipinski definition) is 2. The van der Waals surface area contributed by atoms with Crippen molar-refractivity contribution >= 4 is 38.0 Å². The number of nitrogen functional groups attached to an aromatic ring is 1. The Morgan fingerprint density at radius 3 is 2.65 bits per heavy atom. The molecule has 0 bridgehead atoms. The van der Waals surface area contributed by atoms with E-state index in [1.54, 1.807) is 67.7 Å². The smallest absolute Gasteiger partial charge is 0.249 e. The van der Waals surface area contributed by atoms with Gasteiger partial charge in [-0.25, -0.2) is 17.8 Å². The molecule has 4 aromatic rings. The lowest BCUT2D eigenvalue weighted by atomic mass is 10.00. The van der Waals surface area contributed by atoms with E-state index >= 15 is 4.39 Å². The van der Waals surface area contributed by atoms with Crippen LogP contribution in [0.5, 0.6) is 5.75 Å². The summed E-state index contributed by atoms with van der Waals surface area (Å²) < 4.78 is 46.9. The van der Waals surface area contributed by atoms with Gasteiger partial charge >= 0.3 is 0 Å². The number of sulfone groups is 1. The fourth-order valence-electron chi connectivity index (χ4n) is 4.98. The van der Waals surface area contributed by atoms with Gasteiger partial charge in [0.25, 0.3) is 0 Å². The molecule has 3 aromatic carbocycles. The van der Waals surface area contributed by atoms with Crippen molar-refractivity contribution in [3.05, 3.63) is 89.9 Å². The van der Waals surface area contributed by atoms with Gasteiger partial charge in [0.1, 0.15) is 23.4 Å². The van der Waals surface area contributed by atoms with Crippen LogP contribution in [0.15, 0.2) is 77.8 Å². The maximum Gasteiger partial charge on any atom is 0.249 e. The molecular formula is C30H31FN4O4S. The number of fused-ring (bicyclic) bond motifs is 1. The van der Waals surface area contributed by atoms with Crippen molar-refractivity contribution in [3.63, 3.8) is 0 Å². The Kier molecular flexibility index (Phi) is 7.62. The first kappa shape index (κ1) is 27.4. The molecule has 0 aliphatic heterocycles. The molecule has 1 aromatic heterocycles. The van der Waals surface area contributed by atoms with E-state index in [1.807, 2.05) is 0 Å². The van der Waals surface area contributed by atoms with E-state index in [2.05, 4.69) is 10.3 Å². The Bertz CT molecular complexity index is 1670. The first-order valence-corrected chi connectivity index (χ1v) is 14.5. The van der Waals surface area contributed by atoms with E-state index in [0.29, 0.717) is 40.8 Å². The highest BCUT2D eigenvalue weighted by molar-refractivity contribution is 7.92. The second-order valence-electron chi connectivity index (χ2n) is 10.0. The van der Waals surface area contributed by atoms with E-state index in [0.717, 1.165) is 6.42 Å². The van der Waals surface area contributed by atoms with E-state index < -0.39 is 21.7 Å². The van der Waals surface area contributed by atoms with Crippen LogP contribution in [0, 0.1) is 5.82 Å². The lowest BCUT2D eigenvalue weighted by molar-refractivity contribution is -0.131. The Balaban J connectivity index is 1.48. The molecular weight excluding hydrogens is 531 g/mol. The second kappa shape index (κ2) is 11.1. The van der Waals surface area contributed by atoms with Crippen LogP contribution in [0.2, 0.25) is 0 Å². The number of nitrogens with one attached hydrogen (secondary N) is 1. The highest BCUT2D eigenvalue weighted by Crippen LogP contribution is 2.34. The van der Waals surface area contributed by atoms with Gasteiger partial charge in [-0.2, -0.15) is 0 Å². The maximum absolute atomic E-state index is 15.0. The summed E-state index contributed by atoms with van der Waals surface area (Å²) in [4.78, 5) is 19.7. The zero-order chi connectivity index (χ0) is 28.4. The molecule has 5 rings (SSSR count). The molecule has 1 atom stereocenters. The number of carbonyl (C=O) groups is 1. The maximum atomic E-state index is 15.0. The monoisotopic (exact) mass is 562 g/mol. The number of pyridine rings is 1. The van der Waals surface area contributed by atoms with Crippen molar-refractivity contribution < 1.29 is 22.3 Å². The summed E-state index contributed by atoms with van der Waals surface area (Å²) in [7, 11) is -0.334. The van der Waals surface area contributed by atoms with Crippen LogP contribution in [0.25, 0.3) is 10.8 Å². The molecule has 1 unspecified atom stereocenters. The lowest BCUT2D eigenvalue weighted by Crippen LogP contribution is -2.36. The van der Waals surface area contributed by atoms with Crippen LogP contribution in [-0.4, -0.2) is 43.6 Å². The molecule has 0 saturated heterocycles. The van der Waals surface area contributed by atoms with Crippen LogP contribution in [-0.2, 0) is 21.2 Å². The average Bonchev–Trinajstić information content (AvgIpc) is 2.90. The van der Waals surface area contributed by atoms with Crippen molar-refractivity contribution in [2.24, 2.45) is 0 Å². The van der Waals surface area contributed by atoms with Gasteiger partial charge in [-0.1, -0.05) is 36.8 Å². The average molecular weight is 563 g/mol. The van der Waals surface area contributed by atoms with Crippen molar-refractivity contribution in [3.8, 4) is 5.75 Å². The molecule has 1 aliphatic carbocycles. The summed E-state index contributed by atoms with van der Waals surface area (Å²) in [5.74, 6) is -0.262. The van der Waals surface area contributed by atoms with Gasteiger partial charge < -0.3 is 20.7 Å². The molecule has 3 N–H and O–H groups in total. The Hall–Kier alpha value is -4.18. The fourth-order valence-corrected chi connectivity index (χ4v) is 7.06. The summed E-state index contributed by atoms with van der Waals surface area (Å²) >= 11 is 0. The molecule has 208 valence electrons. The van der Waals surface area contributed by atoms with Crippen LogP contribution in [0.3, 0.4) is 0 Å². The van der Waals surface area contributed by atoms with Gasteiger partial charge in [-0.15, -0.1) is 0 Å². The SMILES string of the molecule is COc1cccc(C(Nc2cc(F)c3c(N)nccc3c2)C(=O)N(C)Cc2ccccc2S(=O)(=O)C2CCC2)c1. The Morgan fingerprint density at radius 2 is 1.93 bits per heavy atom. The number of methoxy groups -OCH3 is 1. The standard InChI is InChI=1S/C30H31FN4O4S/c1-35(18-21-7-3-4-12-26(21)40(37,38)24-10-6-11-24)30(36)28(20-8-5-9-23(16-20)39-2)34-22-15-19-13-14-33-29(32)27(19)25(31)17-22/h3-5,7-9,12-17,24,28,34H,6,10-11,18H2,1-2H3,(H2,32,33). The summed E-state index contributed by atoms with van der Waals surface area (Å²) in [6.45, 7) is 0.0807. The number of nitrogens with two attached hydrogens (primary N) is 1. The predicted octanol–water partition coefficient (Wildman–Crippen LogP) is 5.10. The highest BCUT2D eigenvalue weighted by Gasteiger charge is 2.34. The van der Waals surface area contributed by atoms with E-state index in [-0.39, 0.29) is 33.8 Å². The summed E-state index contributed by atoms with van der Waals surface area (Å²) in [5, 5.41) is 3.54. The molecule has 1 saturated carbocycles. The molecule has 8 nitrogen and oxygen atoms in total. The number of carbonyl (C=O) groups excluding carboxylic acids is 1. The minimum absolute atomic E-state index is 0.0807. The van der Waals surface area contributed by atoms with Gasteiger partial charge in [0.2, 0.25) is 5.91 Å². The molecule has 0 radical (unpaired) electrons. The third-order valence-electron chi connectivity index (χ3n) is 7.38. The third-order valence-corrected chi connectivity index (χ3v) is 9.74. The number of halogens is 1. The number of anilines is 2. The number of ether oxygens (including phenoxy) is 1. The van der Waals surface area contributed by atoms with Gasteiger partial charge in [0.15, 0.2) is 9.84 Å². The van der Waals surface area contributed by atoms with Crippen molar-refractivity contribution in [1.29, 1.82) is 0 Å². The Labute approximate surface area is 232 Å². The number of hydrogen-bond acceptors (Lipinski definition) is 7.